The van der Waals surface area contributed by atoms with E-state index in [0.29, 0.717) is 12.0 Å². The largest absolute Gasteiger partial charge is 0.316 e. The molecule has 0 aromatic heterocycles. The summed E-state index contributed by atoms with van der Waals surface area (Å²) >= 11 is 2.01. The van der Waals surface area contributed by atoms with Gasteiger partial charge in [0.05, 0.1) is 0 Å². The smallest absolute Gasteiger partial charge is 0.0144 e. The van der Waals surface area contributed by atoms with Gasteiger partial charge in [0.25, 0.3) is 0 Å². The molecule has 0 saturated heterocycles. The summed E-state index contributed by atoms with van der Waals surface area (Å²) in [5.41, 5.74) is 1.56. The van der Waals surface area contributed by atoms with Crippen LogP contribution >= 0.6 is 11.8 Å². The van der Waals surface area contributed by atoms with E-state index >= 15 is 0 Å². The van der Waals surface area contributed by atoms with Crippen LogP contribution in [-0.2, 0) is 0 Å². The zero-order valence-corrected chi connectivity index (χ0v) is 11.9. The molecular formula is C15H23NS. The molecule has 1 aliphatic heterocycles. The fourth-order valence-corrected chi connectivity index (χ4v) is 3.94. The van der Waals surface area contributed by atoms with Crippen LogP contribution in [0, 0.1) is 5.92 Å². The Labute approximate surface area is 109 Å². The van der Waals surface area contributed by atoms with Crippen LogP contribution < -0.4 is 5.32 Å². The van der Waals surface area contributed by atoms with Crippen LogP contribution in [0.15, 0.2) is 29.2 Å². The van der Waals surface area contributed by atoms with E-state index < -0.39 is 0 Å². The Bertz CT molecular complexity index is 364. The number of hydrogen-bond donors (Lipinski definition) is 1. The topological polar surface area (TPSA) is 12.0 Å². The van der Waals surface area contributed by atoms with E-state index in [4.69, 9.17) is 0 Å². The van der Waals surface area contributed by atoms with E-state index in [0.717, 1.165) is 5.92 Å². The maximum absolute atomic E-state index is 3.54. The van der Waals surface area contributed by atoms with Crippen LogP contribution in [-0.4, -0.2) is 18.8 Å². The monoisotopic (exact) mass is 249 g/mol. The van der Waals surface area contributed by atoms with Gasteiger partial charge in [-0.2, -0.15) is 0 Å². The number of fused-ring (bicyclic) bond motifs is 1. The van der Waals surface area contributed by atoms with E-state index in [-0.39, 0.29) is 0 Å². The van der Waals surface area contributed by atoms with Gasteiger partial charge in [-0.05, 0) is 31.0 Å². The van der Waals surface area contributed by atoms with Gasteiger partial charge in [0, 0.05) is 22.6 Å². The normalized spacial score (nSPS) is 22.2. The molecule has 1 aromatic rings. The number of thioether (sulfide) groups is 1. The van der Waals surface area contributed by atoms with E-state index in [2.05, 4.69) is 50.5 Å². The first kappa shape index (κ1) is 13.0. The van der Waals surface area contributed by atoms with Gasteiger partial charge in [-0.1, -0.05) is 38.5 Å². The number of likely N-dealkylation sites (N-methyl/N-ethyl adjacent to an activating group) is 1. The first-order chi connectivity index (χ1) is 8.26. The van der Waals surface area contributed by atoms with Crippen LogP contribution in [0.1, 0.15) is 38.2 Å². The average molecular weight is 249 g/mol. The Balaban J connectivity index is 2.12. The average Bonchev–Trinajstić information content (AvgIpc) is 2.79. The van der Waals surface area contributed by atoms with Crippen LogP contribution in [0.3, 0.4) is 0 Å². The third-order valence-corrected chi connectivity index (χ3v) is 5.16. The van der Waals surface area contributed by atoms with Gasteiger partial charge in [0.1, 0.15) is 0 Å². The van der Waals surface area contributed by atoms with Crippen molar-refractivity contribution in [1.82, 2.24) is 5.32 Å². The highest BCUT2D eigenvalue weighted by Gasteiger charge is 2.29. The van der Waals surface area contributed by atoms with Crippen LogP contribution in [0.4, 0.5) is 0 Å². The maximum Gasteiger partial charge on any atom is 0.0144 e. The molecule has 94 valence electrons. The van der Waals surface area contributed by atoms with Crippen LogP contribution in [0.5, 0.6) is 0 Å². The van der Waals surface area contributed by atoms with E-state index in [1.807, 2.05) is 11.8 Å². The highest BCUT2D eigenvalue weighted by Crippen LogP contribution is 2.42. The predicted molar refractivity (Wildman–Crippen MR) is 76.8 cm³/mol. The Morgan fingerprint density at radius 3 is 2.88 bits per heavy atom. The molecule has 3 unspecified atom stereocenters. The lowest BCUT2D eigenvalue weighted by atomic mass is 9.87. The van der Waals surface area contributed by atoms with Crippen molar-refractivity contribution in [3.05, 3.63) is 29.8 Å². The molecule has 2 rings (SSSR count). The van der Waals surface area contributed by atoms with E-state index in [1.54, 1.807) is 5.56 Å². The Morgan fingerprint density at radius 2 is 2.18 bits per heavy atom. The minimum absolute atomic E-state index is 0.626. The van der Waals surface area contributed by atoms with Crippen molar-refractivity contribution in [2.75, 3.05) is 12.8 Å². The third kappa shape index (κ3) is 2.86. The molecule has 0 aliphatic carbocycles. The van der Waals surface area contributed by atoms with Gasteiger partial charge in [-0.25, -0.2) is 0 Å². The molecule has 17 heavy (non-hydrogen) atoms. The molecule has 0 bridgehead atoms. The third-order valence-electron chi connectivity index (χ3n) is 3.95. The Kier molecular flexibility index (Phi) is 4.52. The van der Waals surface area contributed by atoms with Gasteiger partial charge in [-0.15, -0.1) is 11.8 Å². The van der Waals surface area contributed by atoms with Gasteiger partial charge >= 0.3 is 0 Å². The number of hydrogen-bond acceptors (Lipinski definition) is 2. The summed E-state index contributed by atoms with van der Waals surface area (Å²) in [6, 6.07) is 9.52. The van der Waals surface area contributed by atoms with Crippen molar-refractivity contribution < 1.29 is 0 Å². The number of benzene rings is 1. The minimum atomic E-state index is 0.626. The molecule has 1 aliphatic rings. The molecule has 1 aromatic carbocycles. The predicted octanol–water partition coefficient (Wildman–Crippen LogP) is 3.90. The van der Waals surface area contributed by atoms with Crippen molar-refractivity contribution >= 4 is 11.8 Å². The van der Waals surface area contributed by atoms with Gasteiger partial charge in [0.2, 0.25) is 0 Å². The van der Waals surface area contributed by atoms with Crippen LogP contribution in [0.25, 0.3) is 0 Å². The molecule has 0 spiro atoms. The zero-order valence-electron chi connectivity index (χ0n) is 11.1. The SMILES string of the molecule is CCC(C)CC(NC)C1CSc2ccccc21. The second kappa shape index (κ2) is 5.92. The summed E-state index contributed by atoms with van der Waals surface area (Å²) in [7, 11) is 2.11. The molecule has 3 atom stereocenters. The van der Waals surface area contributed by atoms with E-state index in [1.165, 1.54) is 23.5 Å². The van der Waals surface area contributed by atoms with Crippen molar-refractivity contribution in [1.29, 1.82) is 0 Å². The second-order valence-electron chi connectivity index (χ2n) is 5.10. The zero-order chi connectivity index (χ0) is 12.3. The highest BCUT2D eigenvalue weighted by molar-refractivity contribution is 7.99. The fraction of sp³-hybridized carbons (Fsp3) is 0.600. The molecule has 0 saturated carbocycles. The van der Waals surface area contributed by atoms with Gasteiger partial charge < -0.3 is 5.32 Å². The molecular weight excluding hydrogens is 226 g/mol. The summed E-state index contributed by atoms with van der Waals surface area (Å²) < 4.78 is 0. The molecule has 0 amide bonds. The fourth-order valence-electron chi connectivity index (χ4n) is 2.60. The Morgan fingerprint density at radius 1 is 1.41 bits per heavy atom. The molecule has 1 N–H and O–H groups in total. The minimum Gasteiger partial charge on any atom is -0.316 e. The van der Waals surface area contributed by atoms with Crippen molar-refractivity contribution in [2.24, 2.45) is 5.92 Å². The van der Waals surface area contributed by atoms with Crippen molar-refractivity contribution in [2.45, 2.75) is 43.5 Å². The first-order valence-corrected chi connectivity index (χ1v) is 7.63. The number of rotatable bonds is 5. The summed E-state index contributed by atoms with van der Waals surface area (Å²) in [4.78, 5) is 1.49. The van der Waals surface area contributed by atoms with Crippen molar-refractivity contribution in [3.63, 3.8) is 0 Å². The standard InChI is InChI=1S/C15H23NS/c1-4-11(2)9-14(16-3)13-10-17-15-8-6-5-7-12(13)15/h5-8,11,13-14,16H,4,9-10H2,1-3H3. The van der Waals surface area contributed by atoms with E-state index in [9.17, 15) is 0 Å². The number of nitrogens with one attached hydrogen (secondary N) is 1. The highest BCUT2D eigenvalue weighted by atomic mass is 32.2. The molecule has 0 fully saturated rings. The molecule has 0 radical (unpaired) electrons. The lowest BCUT2D eigenvalue weighted by Crippen LogP contribution is -2.33. The molecule has 1 heterocycles. The summed E-state index contributed by atoms with van der Waals surface area (Å²) in [6.07, 6.45) is 2.56. The first-order valence-electron chi connectivity index (χ1n) is 6.65. The lowest BCUT2D eigenvalue weighted by Gasteiger charge is -2.26. The summed E-state index contributed by atoms with van der Waals surface area (Å²) in [5.74, 6) is 2.74. The molecule has 1 nitrogen and oxygen atoms in total. The van der Waals surface area contributed by atoms with Crippen LogP contribution in [0.2, 0.25) is 0 Å². The Hall–Kier alpha value is -0.470. The molecule has 2 heteroatoms. The maximum atomic E-state index is 3.54. The second-order valence-corrected chi connectivity index (χ2v) is 6.16. The van der Waals surface area contributed by atoms with Gasteiger partial charge in [-0.3, -0.25) is 0 Å². The summed E-state index contributed by atoms with van der Waals surface area (Å²) in [5, 5.41) is 3.54. The van der Waals surface area contributed by atoms with Crippen molar-refractivity contribution in [3.8, 4) is 0 Å². The lowest BCUT2D eigenvalue weighted by molar-refractivity contribution is 0.378. The quantitative estimate of drug-likeness (QED) is 0.849. The summed E-state index contributed by atoms with van der Waals surface area (Å²) in [6.45, 7) is 4.65. The van der Waals surface area contributed by atoms with Gasteiger partial charge in [0.15, 0.2) is 0 Å².